The van der Waals surface area contributed by atoms with E-state index in [0.29, 0.717) is 0 Å². The first-order chi connectivity index (χ1) is 2.81. The van der Waals surface area contributed by atoms with Crippen LogP contribution in [0.1, 0.15) is 13.3 Å². The largest absolute Gasteiger partial charge is 3.00 e. The Bertz CT molecular complexity index is 27.3. The van der Waals surface area contributed by atoms with Gasteiger partial charge >= 0.3 is 32.7 Å². The van der Waals surface area contributed by atoms with Gasteiger partial charge in [-0.2, -0.15) is 0 Å². The summed E-state index contributed by atoms with van der Waals surface area (Å²) < 4.78 is 4.79. The van der Waals surface area contributed by atoms with Crippen molar-refractivity contribution in [3.8, 4) is 0 Å². The van der Waals surface area contributed by atoms with Gasteiger partial charge in [0.2, 0.25) is 0 Å². The van der Waals surface area contributed by atoms with Crippen LogP contribution in [0.3, 0.4) is 0 Å². The zero-order valence-electron chi connectivity index (χ0n) is 4.98. The standard InChI is InChI=1S/C5H11O.Y/c1-4-5(2)6-3;/h5H,2,4H2,1,3H3;/q-1;+3. The summed E-state index contributed by atoms with van der Waals surface area (Å²) in [4.78, 5) is 0. The molecule has 0 fully saturated rings. The van der Waals surface area contributed by atoms with Crippen molar-refractivity contribution in [3.05, 3.63) is 6.92 Å². The van der Waals surface area contributed by atoms with Gasteiger partial charge in [-0.1, -0.05) is 19.4 Å². The smallest absolute Gasteiger partial charge is 0.413 e. The Morgan fingerprint density at radius 3 is 2.14 bits per heavy atom. The average molecular weight is 176 g/mol. The zero-order chi connectivity index (χ0) is 4.99. The van der Waals surface area contributed by atoms with E-state index in [0.717, 1.165) is 6.42 Å². The molecule has 0 aliphatic rings. The summed E-state index contributed by atoms with van der Waals surface area (Å²) in [6, 6.07) is 0. The van der Waals surface area contributed by atoms with Crippen LogP contribution in [0.5, 0.6) is 0 Å². The molecule has 1 atom stereocenters. The zero-order valence-corrected chi connectivity index (χ0v) is 7.82. The van der Waals surface area contributed by atoms with Crippen molar-refractivity contribution in [2.75, 3.05) is 7.11 Å². The summed E-state index contributed by atoms with van der Waals surface area (Å²) in [5, 5.41) is 0. The van der Waals surface area contributed by atoms with Gasteiger partial charge in [0.1, 0.15) is 0 Å². The number of hydrogen-bond donors (Lipinski definition) is 0. The minimum atomic E-state index is 0. The summed E-state index contributed by atoms with van der Waals surface area (Å²) in [6.07, 6.45) is 1.18. The Kier molecular flexibility index (Phi) is 11.0. The van der Waals surface area contributed by atoms with E-state index in [-0.39, 0.29) is 38.8 Å². The van der Waals surface area contributed by atoms with E-state index < -0.39 is 0 Å². The molecule has 0 amide bonds. The third-order valence-electron chi connectivity index (χ3n) is 0.789. The molecule has 0 N–H and O–H groups in total. The van der Waals surface area contributed by atoms with Crippen LogP contribution in [0.4, 0.5) is 0 Å². The first-order valence-electron chi connectivity index (χ1n) is 2.17. The van der Waals surface area contributed by atoms with Gasteiger partial charge in [-0.15, -0.1) is 0 Å². The second-order valence-electron chi connectivity index (χ2n) is 1.27. The van der Waals surface area contributed by atoms with Crippen molar-refractivity contribution >= 4 is 0 Å². The number of ether oxygens (including phenoxy) is 1. The van der Waals surface area contributed by atoms with Gasteiger partial charge in [0.25, 0.3) is 0 Å². The fourth-order valence-electron chi connectivity index (χ4n) is 0.167. The Morgan fingerprint density at radius 2 is 2.14 bits per heavy atom. The van der Waals surface area contributed by atoms with Gasteiger partial charge in [0, 0.05) is 7.11 Å². The monoisotopic (exact) mass is 176 g/mol. The molecule has 0 aromatic rings. The minimum absolute atomic E-state index is 0. The van der Waals surface area contributed by atoms with Gasteiger partial charge in [0.05, 0.1) is 0 Å². The van der Waals surface area contributed by atoms with Crippen LogP contribution < -0.4 is 0 Å². The molecule has 0 aromatic heterocycles. The first kappa shape index (κ1) is 10.9. The molecule has 0 rings (SSSR count). The molecule has 7 heavy (non-hydrogen) atoms. The van der Waals surface area contributed by atoms with Crippen LogP contribution >= 0.6 is 0 Å². The molecule has 0 saturated heterocycles. The van der Waals surface area contributed by atoms with E-state index in [1.165, 1.54) is 0 Å². The van der Waals surface area contributed by atoms with E-state index in [4.69, 9.17) is 4.74 Å². The molecule has 0 bridgehead atoms. The number of rotatable bonds is 2. The average Bonchev–Trinajstić information content (AvgIpc) is 1.65. The Labute approximate surface area is 70.7 Å². The molecular formula is C5H11OY+2. The van der Waals surface area contributed by atoms with Crippen molar-refractivity contribution in [1.29, 1.82) is 0 Å². The van der Waals surface area contributed by atoms with Gasteiger partial charge < -0.3 is 11.7 Å². The van der Waals surface area contributed by atoms with Crippen LogP contribution in [0.15, 0.2) is 0 Å². The molecule has 2 heteroatoms. The van der Waals surface area contributed by atoms with E-state index in [2.05, 4.69) is 6.92 Å². The summed E-state index contributed by atoms with van der Waals surface area (Å²) in [5.74, 6) is 0. The molecular weight excluding hydrogens is 165 g/mol. The molecule has 1 unspecified atom stereocenters. The van der Waals surface area contributed by atoms with Gasteiger partial charge in [-0.05, 0) is 0 Å². The van der Waals surface area contributed by atoms with E-state index >= 15 is 0 Å². The van der Waals surface area contributed by atoms with Gasteiger partial charge in [-0.3, -0.25) is 0 Å². The normalized spacial score (nSPS) is 12.4. The topological polar surface area (TPSA) is 9.23 Å². The summed E-state index contributed by atoms with van der Waals surface area (Å²) in [7, 11) is 1.67. The second-order valence-corrected chi connectivity index (χ2v) is 1.27. The Morgan fingerprint density at radius 1 is 1.71 bits per heavy atom. The van der Waals surface area contributed by atoms with Crippen LogP contribution in [-0.2, 0) is 37.4 Å². The molecule has 0 saturated carbocycles. The fourth-order valence-corrected chi connectivity index (χ4v) is 0.167. The van der Waals surface area contributed by atoms with Crippen LogP contribution in [-0.4, -0.2) is 13.2 Å². The molecule has 0 aromatic carbocycles. The summed E-state index contributed by atoms with van der Waals surface area (Å²) in [5.41, 5.74) is 0. The van der Waals surface area contributed by atoms with Gasteiger partial charge in [0.15, 0.2) is 0 Å². The maximum Gasteiger partial charge on any atom is 3.00 e. The maximum absolute atomic E-state index is 4.79. The predicted molar refractivity (Wildman–Crippen MR) is 26.4 cm³/mol. The molecule has 0 radical (unpaired) electrons. The van der Waals surface area contributed by atoms with Crippen molar-refractivity contribution < 1.29 is 37.4 Å². The first-order valence-corrected chi connectivity index (χ1v) is 2.17. The van der Waals surface area contributed by atoms with Crippen molar-refractivity contribution in [3.63, 3.8) is 0 Å². The van der Waals surface area contributed by atoms with E-state index in [1.54, 1.807) is 7.11 Å². The molecule has 0 spiro atoms. The maximum atomic E-state index is 4.79. The Hall–Kier alpha value is 1.06. The van der Waals surface area contributed by atoms with Crippen molar-refractivity contribution in [1.82, 2.24) is 0 Å². The molecule has 0 aliphatic heterocycles. The molecule has 38 valence electrons. The predicted octanol–water partition coefficient (Wildman–Crippen LogP) is 1.24. The summed E-state index contributed by atoms with van der Waals surface area (Å²) >= 11 is 0. The molecule has 0 heterocycles. The summed E-state index contributed by atoms with van der Waals surface area (Å²) in [6.45, 7) is 5.70. The van der Waals surface area contributed by atoms with Crippen molar-refractivity contribution in [2.24, 2.45) is 0 Å². The second kappa shape index (κ2) is 7.06. The van der Waals surface area contributed by atoms with Crippen LogP contribution in [0, 0.1) is 6.92 Å². The SMILES string of the molecule is [CH2-]C(CC)OC.[Y+3]. The van der Waals surface area contributed by atoms with E-state index in [1.807, 2.05) is 6.92 Å². The van der Waals surface area contributed by atoms with Crippen molar-refractivity contribution in [2.45, 2.75) is 19.4 Å². The molecule has 1 nitrogen and oxygen atoms in total. The number of hydrogen-bond acceptors (Lipinski definition) is 1. The van der Waals surface area contributed by atoms with Crippen LogP contribution in [0.25, 0.3) is 0 Å². The van der Waals surface area contributed by atoms with Gasteiger partial charge in [-0.25, -0.2) is 0 Å². The third-order valence-corrected chi connectivity index (χ3v) is 0.789. The number of methoxy groups -OCH3 is 1. The third kappa shape index (κ3) is 7.06. The van der Waals surface area contributed by atoms with Crippen LogP contribution in [0.2, 0.25) is 0 Å². The minimum Gasteiger partial charge on any atom is -0.413 e. The quantitative estimate of drug-likeness (QED) is 0.575. The Balaban J connectivity index is 0. The fraction of sp³-hybridized carbons (Fsp3) is 0.800. The van der Waals surface area contributed by atoms with E-state index in [9.17, 15) is 0 Å². The molecule has 0 aliphatic carbocycles.